The molecule has 0 unspecified atom stereocenters. The number of hydrogen-bond acceptors (Lipinski definition) is 5. The van der Waals surface area contributed by atoms with Gasteiger partial charge in [0.15, 0.2) is 10.9 Å². The molecule has 0 saturated heterocycles. The number of aryl methyl sites for hydroxylation is 2. The number of benzene rings is 2. The third-order valence-electron chi connectivity index (χ3n) is 5.91. The van der Waals surface area contributed by atoms with Crippen molar-refractivity contribution in [2.75, 3.05) is 5.75 Å². The Balaban J connectivity index is 1.63. The first kappa shape index (κ1) is 25.2. The van der Waals surface area contributed by atoms with Crippen molar-refractivity contribution in [2.45, 2.75) is 50.2 Å². The Morgan fingerprint density at radius 2 is 1.89 bits per heavy atom. The van der Waals surface area contributed by atoms with Crippen LogP contribution in [0.4, 0.5) is 4.39 Å². The maximum atomic E-state index is 14.4. The summed E-state index contributed by atoms with van der Waals surface area (Å²) in [4.78, 5) is 17.8. The lowest BCUT2D eigenvalue weighted by Gasteiger charge is -2.11. The van der Waals surface area contributed by atoms with Gasteiger partial charge in [0.1, 0.15) is 5.82 Å². The highest BCUT2D eigenvalue weighted by molar-refractivity contribution is 7.99. The first-order chi connectivity index (χ1) is 16.6. The lowest BCUT2D eigenvalue weighted by atomic mass is 10.2. The van der Waals surface area contributed by atoms with Crippen molar-refractivity contribution in [3.63, 3.8) is 0 Å². The minimum Gasteiger partial charge on any atom is -0.319 e. The molecule has 7 nitrogen and oxygen atoms in total. The average molecular weight is 515 g/mol. The monoisotopic (exact) mass is 514 g/mol. The van der Waals surface area contributed by atoms with E-state index in [1.165, 1.54) is 30.0 Å². The maximum absolute atomic E-state index is 14.4. The Bertz CT molecular complexity index is 1520. The van der Waals surface area contributed by atoms with Crippen molar-refractivity contribution in [3.05, 3.63) is 71.3 Å². The first-order valence-electron chi connectivity index (χ1n) is 11.2. The van der Waals surface area contributed by atoms with Crippen LogP contribution in [-0.4, -0.2) is 34.1 Å². The van der Waals surface area contributed by atoms with Gasteiger partial charge in [-0.15, -0.1) is 0 Å². The summed E-state index contributed by atoms with van der Waals surface area (Å²) in [6.07, 6.45) is 1.88. The number of nitrogens with two attached hydrogens (primary N) is 1. The molecular formula is C25H27FN4O3S2. The van der Waals surface area contributed by atoms with Crippen LogP contribution >= 0.6 is 11.8 Å². The van der Waals surface area contributed by atoms with Crippen LogP contribution in [0.3, 0.4) is 0 Å². The van der Waals surface area contributed by atoms with Crippen molar-refractivity contribution in [1.82, 2.24) is 14.1 Å². The summed E-state index contributed by atoms with van der Waals surface area (Å²) in [5.41, 5.74) is 3.69. The number of ketones is 1. The quantitative estimate of drug-likeness (QED) is 0.250. The number of unbranched alkanes of at least 4 members (excludes halogenated alkanes) is 1. The molecule has 0 atom stereocenters. The Hall–Kier alpha value is -2.95. The third kappa shape index (κ3) is 5.05. The second-order valence-corrected chi connectivity index (χ2v) is 10.9. The number of aromatic nitrogens is 3. The molecule has 2 aromatic carbocycles. The number of sulfonamides is 1. The van der Waals surface area contributed by atoms with Crippen LogP contribution in [0.25, 0.3) is 16.7 Å². The van der Waals surface area contributed by atoms with Gasteiger partial charge in [-0.3, -0.25) is 4.79 Å². The molecule has 2 aromatic heterocycles. The fourth-order valence-corrected chi connectivity index (χ4v) is 5.62. The smallest absolute Gasteiger partial charge is 0.238 e. The van der Waals surface area contributed by atoms with E-state index in [4.69, 9.17) is 5.14 Å². The number of primary sulfonamides is 1. The molecule has 0 aliphatic carbocycles. The molecule has 0 radical (unpaired) electrons. The molecule has 2 N–H and O–H groups in total. The van der Waals surface area contributed by atoms with Gasteiger partial charge in [-0.2, -0.15) is 0 Å². The van der Waals surface area contributed by atoms with E-state index in [1.807, 2.05) is 18.4 Å². The Morgan fingerprint density at radius 3 is 2.57 bits per heavy atom. The Labute approximate surface area is 208 Å². The molecule has 4 aromatic rings. The lowest BCUT2D eigenvalue weighted by Crippen LogP contribution is -2.11. The van der Waals surface area contributed by atoms with Crippen molar-refractivity contribution < 1.29 is 17.6 Å². The molecule has 2 heterocycles. The number of rotatable bonds is 9. The zero-order chi connectivity index (χ0) is 25.3. The molecular weight excluding hydrogens is 487 g/mol. The summed E-state index contributed by atoms with van der Waals surface area (Å²) in [5, 5.41) is 5.91. The van der Waals surface area contributed by atoms with Gasteiger partial charge in [-0.1, -0.05) is 37.2 Å². The second-order valence-electron chi connectivity index (χ2n) is 8.38. The van der Waals surface area contributed by atoms with Gasteiger partial charge in [-0.05, 0) is 56.7 Å². The summed E-state index contributed by atoms with van der Waals surface area (Å²) in [5.74, 6) is -0.310. The summed E-state index contributed by atoms with van der Waals surface area (Å²) in [6.45, 7) is 6.43. The first-order valence-corrected chi connectivity index (χ1v) is 13.8. The van der Waals surface area contributed by atoms with Gasteiger partial charge in [-0.25, -0.2) is 22.9 Å². The van der Waals surface area contributed by atoms with Gasteiger partial charge in [0.25, 0.3) is 0 Å². The number of carbonyl (C=O) groups is 1. The van der Waals surface area contributed by atoms with Crippen molar-refractivity contribution >= 4 is 38.6 Å². The van der Waals surface area contributed by atoms with Crippen molar-refractivity contribution in [3.8, 4) is 5.69 Å². The number of para-hydroxylation sites is 1. The Kier molecular flexibility index (Phi) is 7.16. The maximum Gasteiger partial charge on any atom is 0.238 e. The number of thioether (sulfide) groups is 1. The van der Waals surface area contributed by atoms with Gasteiger partial charge in [0, 0.05) is 23.5 Å². The van der Waals surface area contributed by atoms with E-state index in [2.05, 4.69) is 11.9 Å². The van der Waals surface area contributed by atoms with Crippen LogP contribution in [0.5, 0.6) is 0 Å². The topological polar surface area (TPSA) is 100.0 Å². The molecule has 0 bridgehead atoms. The molecule has 184 valence electrons. The highest BCUT2D eigenvalue weighted by Crippen LogP contribution is 2.29. The van der Waals surface area contributed by atoms with E-state index in [1.54, 1.807) is 34.9 Å². The van der Waals surface area contributed by atoms with E-state index in [-0.39, 0.29) is 22.2 Å². The van der Waals surface area contributed by atoms with Gasteiger partial charge >= 0.3 is 0 Å². The normalized spacial score (nSPS) is 11.9. The Morgan fingerprint density at radius 1 is 1.14 bits per heavy atom. The average Bonchev–Trinajstić information content (AvgIpc) is 3.31. The minimum absolute atomic E-state index is 0.00153. The highest BCUT2D eigenvalue weighted by Gasteiger charge is 2.20. The summed E-state index contributed by atoms with van der Waals surface area (Å²) >= 11 is 1.30. The molecule has 0 amide bonds. The van der Waals surface area contributed by atoms with Crippen LogP contribution in [0.15, 0.2) is 58.6 Å². The van der Waals surface area contributed by atoms with E-state index >= 15 is 0 Å². The van der Waals surface area contributed by atoms with Crippen LogP contribution in [0.2, 0.25) is 0 Å². The number of imidazole rings is 1. The summed E-state index contributed by atoms with van der Waals surface area (Å²) in [6, 6.07) is 12.9. The number of fused-ring (bicyclic) bond motifs is 1. The zero-order valence-electron chi connectivity index (χ0n) is 19.8. The number of hydrogen-bond donors (Lipinski definition) is 1. The van der Waals surface area contributed by atoms with E-state index in [9.17, 15) is 17.6 Å². The predicted octanol–water partition coefficient (Wildman–Crippen LogP) is 5.01. The van der Waals surface area contributed by atoms with E-state index in [0.717, 1.165) is 24.1 Å². The van der Waals surface area contributed by atoms with Crippen LogP contribution in [0, 0.1) is 19.7 Å². The minimum atomic E-state index is -3.85. The van der Waals surface area contributed by atoms with Gasteiger partial charge in [0.2, 0.25) is 10.0 Å². The number of Topliss-reactive ketones (excluding diaryl/α,β-unsaturated/α-hetero) is 1. The van der Waals surface area contributed by atoms with E-state index < -0.39 is 10.0 Å². The molecule has 35 heavy (non-hydrogen) atoms. The zero-order valence-corrected chi connectivity index (χ0v) is 21.4. The summed E-state index contributed by atoms with van der Waals surface area (Å²) in [7, 11) is -3.85. The molecule has 0 spiro atoms. The van der Waals surface area contributed by atoms with Crippen LogP contribution in [0.1, 0.15) is 41.5 Å². The van der Waals surface area contributed by atoms with Crippen molar-refractivity contribution in [1.29, 1.82) is 0 Å². The SMILES string of the molecule is CCCCn1c(SCC(=O)c2cc(C)n(-c3ccccc3F)c2C)nc2cc(S(N)(=O)=O)ccc21. The van der Waals surface area contributed by atoms with Crippen molar-refractivity contribution in [2.24, 2.45) is 5.14 Å². The standard InChI is InChI=1S/C25H27FN4O3S2/c1-4-5-12-29-23-11-10-18(35(27,32)33)14-21(23)28-25(29)34-15-24(31)19-13-16(2)30(17(19)3)22-9-7-6-8-20(22)26/h6-11,13-14H,4-5,12,15H2,1-3H3,(H2,27,32,33). The molecule has 0 aliphatic heterocycles. The molecule has 10 heteroatoms. The fourth-order valence-electron chi connectivity index (χ4n) is 4.16. The second kappa shape index (κ2) is 9.96. The third-order valence-corrected chi connectivity index (χ3v) is 7.79. The molecule has 0 aliphatic rings. The predicted molar refractivity (Wildman–Crippen MR) is 136 cm³/mol. The molecule has 0 saturated carbocycles. The number of nitrogens with zero attached hydrogens (tertiary/aromatic N) is 3. The van der Waals surface area contributed by atoms with Crippen LogP contribution in [-0.2, 0) is 16.6 Å². The number of carbonyl (C=O) groups excluding carboxylic acids is 1. The summed E-state index contributed by atoms with van der Waals surface area (Å²) < 4.78 is 41.7. The van der Waals surface area contributed by atoms with Gasteiger partial charge in [0.05, 0.1) is 27.4 Å². The number of halogens is 1. The van der Waals surface area contributed by atoms with E-state index in [0.29, 0.717) is 34.2 Å². The molecule has 4 rings (SSSR count). The molecule has 0 fully saturated rings. The van der Waals surface area contributed by atoms with Gasteiger partial charge < -0.3 is 9.13 Å². The highest BCUT2D eigenvalue weighted by atomic mass is 32.2. The fraction of sp³-hybridized carbons (Fsp3) is 0.280. The van der Waals surface area contributed by atoms with Crippen LogP contribution < -0.4 is 5.14 Å². The largest absolute Gasteiger partial charge is 0.319 e. The lowest BCUT2D eigenvalue weighted by molar-refractivity contribution is 0.102.